The highest BCUT2D eigenvalue weighted by Crippen LogP contribution is 2.19. The Hall–Kier alpha value is -3.43. The van der Waals surface area contributed by atoms with Crippen LogP contribution in [0.25, 0.3) is 0 Å². The van der Waals surface area contributed by atoms with Crippen molar-refractivity contribution >= 4 is 30.0 Å². The van der Waals surface area contributed by atoms with Gasteiger partial charge in [0.05, 0.1) is 18.6 Å². The van der Waals surface area contributed by atoms with Crippen LogP contribution in [0.5, 0.6) is 5.75 Å². The van der Waals surface area contributed by atoms with Gasteiger partial charge in [0.2, 0.25) is 11.8 Å². The van der Waals surface area contributed by atoms with Crippen LogP contribution in [0.1, 0.15) is 50.4 Å². The lowest BCUT2D eigenvalue weighted by atomic mass is 10.1. The molecule has 1 aromatic rings. The summed E-state index contributed by atoms with van der Waals surface area (Å²) >= 11 is 0. The van der Waals surface area contributed by atoms with E-state index in [1.54, 1.807) is 24.3 Å². The lowest BCUT2D eigenvalue weighted by Crippen LogP contribution is -2.54. The molecule has 1 unspecified atom stereocenters. The summed E-state index contributed by atoms with van der Waals surface area (Å²) in [5, 5.41) is 13.8. The molecule has 3 N–H and O–H groups in total. The van der Waals surface area contributed by atoms with Gasteiger partial charge in [-0.25, -0.2) is 0 Å². The van der Waals surface area contributed by atoms with Crippen LogP contribution in [0.2, 0.25) is 0 Å². The van der Waals surface area contributed by atoms with E-state index in [0.29, 0.717) is 37.0 Å². The smallest absolute Gasteiger partial charge is 0.305 e. The Balaban J connectivity index is 2.01. The standard InChI is InChI=1S/C22H29N3O7/c1-13(2)32-17-7-4-6-15(10-17)20(29)23-14(3)22(31)25-9-5-8-18(25)21(30)24-16(12-26)11-19(27)28/h4,6-7,10,12-14,16,18H,5,8-9,11H2,1-3H3,(H,23,29)(H,24,30)(H,27,28)/t14-,16-,18?/m0/s1. The fourth-order valence-electron chi connectivity index (χ4n) is 3.48. The molecule has 1 fully saturated rings. The first-order valence-corrected chi connectivity index (χ1v) is 10.5. The van der Waals surface area contributed by atoms with Crippen LogP contribution >= 0.6 is 0 Å². The fraction of sp³-hybridized carbons (Fsp3) is 0.500. The maximum atomic E-state index is 12.9. The van der Waals surface area contributed by atoms with E-state index in [1.165, 1.54) is 11.8 Å². The van der Waals surface area contributed by atoms with Crippen LogP contribution < -0.4 is 15.4 Å². The van der Waals surface area contributed by atoms with Crippen molar-refractivity contribution in [2.24, 2.45) is 0 Å². The molecule has 0 saturated carbocycles. The number of carbonyl (C=O) groups excluding carboxylic acids is 4. The summed E-state index contributed by atoms with van der Waals surface area (Å²) in [5.41, 5.74) is 0.334. The first-order valence-electron chi connectivity index (χ1n) is 10.5. The predicted molar refractivity (Wildman–Crippen MR) is 114 cm³/mol. The number of likely N-dealkylation sites (tertiary alicyclic amines) is 1. The first-order chi connectivity index (χ1) is 15.1. The predicted octanol–water partition coefficient (Wildman–Crippen LogP) is 0.742. The van der Waals surface area contributed by atoms with Crippen molar-refractivity contribution in [1.82, 2.24) is 15.5 Å². The molecule has 10 heteroatoms. The number of nitrogens with one attached hydrogen (secondary N) is 2. The summed E-state index contributed by atoms with van der Waals surface area (Å²) in [5.74, 6) is -2.17. The van der Waals surface area contributed by atoms with E-state index in [0.717, 1.165) is 0 Å². The molecule has 0 spiro atoms. The molecule has 1 aliphatic heterocycles. The van der Waals surface area contributed by atoms with E-state index < -0.39 is 48.2 Å². The molecule has 0 aliphatic carbocycles. The van der Waals surface area contributed by atoms with Crippen molar-refractivity contribution in [3.63, 3.8) is 0 Å². The molecule has 32 heavy (non-hydrogen) atoms. The molecule has 10 nitrogen and oxygen atoms in total. The molecule has 3 amide bonds. The molecule has 0 bridgehead atoms. The molecule has 0 aromatic heterocycles. The third kappa shape index (κ3) is 6.79. The van der Waals surface area contributed by atoms with Crippen LogP contribution in [-0.2, 0) is 19.2 Å². The number of aldehydes is 1. The normalized spacial score (nSPS) is 17.4. The van der Waals surface area contributed by atoms with Gasteiger partial charge in [-0.05, 0) is 51.8 Å². The van der Waals surface area contributed by atoms with E-state index >= 15 is 0 Å². The van der Waals surface area contributed by atoms with Gasteiger partial charge in [-0.1, -0.05) is 6.07 Å². The van der Waals surface area contributed by atoms with Crippen molar-refractivity contribution in [1.29, 1.82) is 0 Å². The highest BCUT2D eigenvalue weighted by Gasteiger charge is 2.37. The zero-order valence-electron chi connectivity index (χ0n) is 18.4. The van der Waals surface area contributed by atoms with Gasteiger partial charge in [-0.2, -0.15) is 0 Å². The van der Waals surface area contributed by atoms with Gasteiger partial charge in [-0.15, -0.1) is 0 Å². The van der Waals surface area contributed by atoms with Gasteiger partial charge >= 0.3 is 5.97 Å². The number of hydrogen-bond acceptors (Lipinski definition) is 6. The van der Waals surface area contributed by atoms with Gasteiger partial charge < -0.3 is 30.2 Å². The molecule has 1 saturated heterocycles. The summed E-state index contributed by atoms with van der Waals surface area (Å²) in [6.45, 7) is 5.59. The Bertz CT molecular complexity index is 871. The summed E-state index contributed by atoms with van der Waals surface area (Å²) in [6.07, 6.45) is 0.714. The van der Waals surface area contributed by atoms with Crippen molar-refractivity contribution in [2.45, 2.75) is 64.3 Å². The Labute approximate surface area is 186 Å². The molecule has 1 heterocycles. The minimum atomic E-state index is -1.22. The second-order valence-electron chi connectivity index (χ2n) is 7.93. The van der Waals surface area contributed by atoms with Gasteiger partial charge in [0.1, 0.15) is 24.1 Å². The van der Waals surface area contributed by atoms with Crippen LogP contribution in [0.3, 0.4) is 0 Å². The molecule has 2 rings (SSSR count). The molecule has 0 radical (unpaired) electrons. The molecular formula is C22H29N3O7. The number of carbonyl (C=O) groups is 5. The summed E-state index contributed by atoms with van der Waals surface area (Å²) in [6, 6.07) is 3.70. The number of carboxylic acids is 1. The maximum absolute atomic E-state index is 12.9. The molecule has 3 atom stereocenters. The number of hydrogen-bond donors (Lipinski definition) is 3. The van der Waals surface area contributed by atoms with Gasteiger partial charge in [0.15, 0.2) is 0 Å². The van der Waals surface area contributed by atoms with Crippen molar-refractivity contribution in [2.75, 3.05) is 6.54 Å². The highest BCUT2D eigenvalue weighted by atomic mass is 16.5. The zero-order chi connectivity index (χ0) is 23.8. The number of nitrogens with zero attached hydrogens (tertiary/aromatic N) is 1. The average molecular weight is 447 g/mol. The highest BCUT2D eigenvalue weighted by molar-refractivity contribution is 5.98. The third-order valence-corrected chi connectivity index (χ3v) is 4.91. The average Bonchev–Trinajstić information content (AvgIpc) is 3.21. The Morgan fingerprint density at radius 2 is 1.94 bits per heavy atom. The maximum Gasteiger partial charge on any atom is 0.305 e. The largest absolute Gasteiger partial charge is 0.491 e. The fourth-order valence-corrected chi connectivity index (χ4v) is 3.48. The van der Waals surface area contributed by atoms with Gasteiger partial charge in [0, 0.05) is 12.1 Å². The molecule has 1 aromatic carbocycles. The minimum absolute atomic E-state index is 0.0543. The summed E-state index contributed by atoms with van der Waals surface area (Å²) in [7, 11) is 0. The zero-order valence-corrected chi connectivity index (χ0v) is 18.4. The topological polar surface area (TPSA) is 142 Å². The molecular weight excluding hydrogens is 418 g/mol. The number of carboxylic acid groups (broad SMARTS) is 1. The monoisotopic (exact) mass is 447 g/mol. The van der Waals surface area contributed by atoms with E-state index in [9.17, 15) is 24.0 Å². The third-order valence-electron chi connectivity index (χ3n) is 4.91. The van der Waals surface area contributed by atoms with E-state index in [2.05, 4.69) is 10.6 Å². The first kappa shape index (κ1) is 24.8. The Kier molecular flexibility index (Phi) is 8.74. The van der Waals surface area contributed by atoms with Gasteiger partial charge in [-0.3, -0.25) is 19.2 Å². The number of benzene rings is 1. The molecule has 174 valence electrons. The minimum Gasteiger partial charge on any atom is -0.491 e. The SMILES string of the molecule is CC(C)Oc1cccc(C(=O)N[C@@H](C)C(=O)N2CCCC2C(=O)N[C@H](C=O)CC(=O)O)c1. The number of aliphatic carboxylic acids is 1. The second kappa shape index (κ2) is 11.3. The van der Waals surface area contributed by atoms with Crippen molar-refractivity contribution in [3.8, 4) is 5.75 Å². The number of amides is 3. The van der Waals surface area contributed by atoms with Crippen LogP contribution in [0.4, 0.5) is 0 Å². The van der Waals surface area contributed by atoms with Crippen molar-refractivity contribution in [3.05, 3.63) is 29.8 Å². The van der Waals surface area contributed by atoms with E-state index in [-0.39, 0.29) is 6.10 Å². The lowest BCUT2D eigenvalue weighted by Gasteiger charge is -2.27. The Morgan fingerprint density at radius 3 is 2.56 bits per heavy atom. The van der Waals surface area contributed by atoms with Crippen molar-refractivity contribution < 1.29 is 33.8 Å². The summed E-state index contributed by atoms with van der Waals surface area (Å²) < 4.78 is 5.58. The lowest BCUT2D eigenvalue weighted by molar-refractivity contribution is -0.141. The van der Waals surface area contributed by atoms with Gasteiger partial charge in [0.25, 0.3) is 5.91 Å². The van der Waals surface area contributed by atoms with Crippen LogP contribution in [-0.4, -0.2) is 70.8 Å². The summed E-state index contributed by atoms with van der Waals surface area (Å²) in [4.78, 5) is 61.3. The van der Waals surface area contributed by atoms with E-state index in [1.807, 2.05) is 13.8 Å². The molecule has 1 aliphatic rings. The number of ether oxygens (including phenoxy) is 1. The second-order valence-corrected chi connectivity index (χ2v) is 7.93. The van der Waals surface area contributed by atoms with Crippen LogP contribution in [0.15, 0.2) is 24.3 Å². The van der Waals surface area contributed by atoms with E-state index in [4.69, 9.17) is 9.84 Å². The number of rotatable bonds is 10. The Morgan fingerprint density at radius 1 is 1.22 bits per heavy atom. The van der Waals surface area contributed by atoms with Crippen LogP contribution in [0, 0.1) is 0 Å². The quantitative estimate of drug-likeness (QED) is 0.449.